The highest BCUT2D eigenvalue weighted by Gasteiger charge is 2.13. The summed E-state index contributed by atoms with van der Waals surface area (Å²) in [5.74, 6) is -0.146. The summed E-state index contributed by atoms with van der Waals surface area (Å²) < 4.78 is 0. The van der Waals surface area contributed by atoms with E-state index in [0.29, 0.717) is 10.7 Å². The molecule has 1 N–H and O–H groups in total. The SMILES string of the molecule is CC1=CSC(NC(=O)c2ccccc2)=Nc2ccccc21. The minimum Gasteiger partial charge on any atom is -0.301 e. The molecule has 0 saturated carbocycles. The van der Waals surface area contributed by atoms with Crippen molar-refractivity contribution in [2.75, 3.05) is 0 Å². The zero-order valence-electron chi connectivity index (χ0n) is 11.5. The maximum atomic E-state index is 12.2. The molecule has 0 fully saturated rings. The third-order valence-electron chi connectivity index (χ3n) is 3.15. The Morgan fingerprint density at radius 2 is 1.76 bits per heavy atom. The maximum absolute atomic E-state index is 12.2. The number of amidine groups is 1. The van der Waals surface area contributed by atoms with Gasteiger partial charge in [-0.25, -0.2) is 4.99 Å². The number of nitrogens with one attached hydrogen (secondary N) is 1. The molecule has 3 rings (SSSR count). The number of carbonyl (C=O) groups excluding carboxylic acids is 1. The summed E-state index contributed by atoms with van der Waals surface area (Å²) in [6, 6.07) is 17.1. The fourth-order valence-corrected chi connectivity index (χ4v) is 2.78. The van der Waals surface area contributed by atoms with Gasteiger partial charge < -0.3 is 5.32 Å². The number of para-hydroxylation sites is 1. The molecule has 0 unspecified atom stereocenters. The third kappa shape index (κ3) is 3.06. The van der Waals surface area contributed by atoms with Crippen LogP contribution in [0.3, 0.4) is 0 Å². The molecular weight excluding hydrogens is 280 g/mol. The lowest BCUT2D eigenvalue weighted by molar-refractivity contribution is 0.0978. The number of rotatable bonds is 1. The fourth-order valence-electron chi connectivity index (χ4n) is 2.06. The first-order chi connectivity index (χ1) is 10.2. The van der Waals surface area contributed by atoms with Crippen LogP contribution in [0.15, 0.2) is 65.0 Å². The Kier molecular flexibility index (Phi) is 3.88. The Balaban J connectivity index is 1.88. The fraction of sp³-hybridized carbons (Fsp3) is 0.0588. The zero-order valence-corrected chi connectivity index (χ0v) is 12.4. The predicted octanol–water partition coefficient (Wildman–Crippen LogP) is 4.21. The van der Waals surface area contributed by atoms with Crippen LogP contribution in [0.1, 0.15) is 22.8 Å². The molecule has 104 valence electrons. The van der Waals surface area contributed by atoms with Gasteiger partial charge in [0.15, 0.2) is 5.17 Å². The third-order valence-corrected chi connectivity index (χ3v) is 4.04. The number of thioether (sulfide) groups is 1. The van der Waals surface area contributed by atoms with Crippen molar-refractivity contribution in [3.05, 3.63) is 71.1 Å². The van der Waals surface area contributed by atoms with Gasteiger partial charge in [0.2, 0.25) is 0 Å². The van der Waals surface area contributed by atoms with Gasteiger partial charge in [-0.05, 0) is 36.1 Å². The maximum Gasteiger partial charge on any atom is 0.257 e. The quantitative estimate of drug-likeness (QED) is 0.856. The van der Waals surface area contributed by atoms with Gasteiger partial charge in [0.1, 0.15) is 0 Å². The molecule has 0 radical (unpaired) electrons. The number of amides is 1. The van der Waals surface area contributed by atoms with Crippen LogP contribution in [0.4, 0.5) is 5.69 Å². The second kappa shape index (κ2) is 5.97. The standard InChI is InChI=1S/C17H14N2OS/c1-12-11-21-17(18-15-10-6-5-9-14(12)15)19-16(20)13-7-3-2-4-8-13/h2-11H,1H3,(H,18,19,20). The second-order valence-corrected chi connectivity index (χ2v) is 5.53. The minimum absolute atomic E-state index is 0.146. The zero-order chi connectivity index (χ0) is 14.7. The minimum atomic E-state index is -0.146. The van der Waals surface area contributed by atoms with Gasteiger partial charge in [0, 0.05) is 11.1 Å². The lowest BCUT2D eigenvalue weighted by Gasteiger charge is -2.06. The molecule has 1 aliphatic heterocycles. The van der Waals surface area contributed by atoms with Crippen LogP contribution in [-0.2, 0) is 0 Å². The topological polar surface area (TPSA) is 41.5 Å². The van der Waals surface area contributed by atoms with Gasteiger partial charge in [0.05, 0.1) is 5.69 Å². The molecule has 1 heterocycles. The van der Waals surface area contributed by atoms with Crippen LogP contribution in [0.2, 0.25) is 0 Å². The van der Waals surface area contributed by atoms with E-state index in [9.17, 15) is 4.79 Å². The lowest BCUT2D eigenvalue weighted by atomic mass is 10.1. The van der Waals surface area contributed by atoms with Crippen molar-refractivity contribution in [1.29, 1.82) is 0 Å². The summed E-state index contributed by atoms with van der Waals surface area (Å²) in [7, 11) is 0. The molecule has 0 bridgehead atoms. The van der Waals surface area contributed by atoms with Crippen molar-refractivity contribution in [2.45, 2.75) is 6.92 Å². The lowest BCUT2D eigenvalue weighted by Crippen LogP contribution is -2.27. The van der Waals surface area contributed by atoms with Crippen LogP contribution >= 0.6 is 11.8 Å². The smallest absolute Gasteiger partial charge is 0.257 e. The van der Waals surface area contributed by atoms with E-state index in [4.69, 9.17) is 0 Å². The number of fused-ring (bicyclic) bond motifs is 1. The van der Waals surface area contributed by atoms with Gasteiger partial charge in [-0.1, -0.05) is 48.2 Å². The summed E-state index contributed by atoms with van der Waals surface area (Å²) >= 11 is 1.43. The molecule has 2 aromatic carbocycles. The van der Waals surface area contributed by atoms with Gasteiger partial charge in [-0.15, -0.1) is 0 Å². The van der Waals surface area contributed by atoms with E-state index >= 15 is 0 Å². The summed E-state index contributed by atoms with van der Waals surface area (Å²) in [5.41, 5.74) is 3.73. The van der Waals surface area contributed by atoms with Crippen LogP contribution in [0, 0.1) is 0 Å². The van der Waals surface area contributed by atoms with Crippen molar-refractivity contribution in [3.63, 3.8) is 0 Å². The largest absolute Gasteiger partial charge is 0.301 e. The number of carbonyl (C=O) groups is 1. The predicted molar refractivity (Wildman–Crippen MR) is 88.7 cm³/mol. The molecule has 0 saturated heterocycles. The Morgan fingerprint density at radius 1 is 1.05 bits per heavy atom. The van der Waals surface area contributed by atoms with E-state index in [1.165, 1.54) is 11.8 Å². The molecule has 1 amide bonds. The number of benzene rings is 2. The first-order valence-electron chi connectivity index (χ1n) is 6.62. The number of hydrogen-bond donors (Lipinski definition) is 1. The molecule has 0 aliphatic carbocycles. The van der Waals surface area contributed by atoms with E-state index in [1.54, 1.807) is 12.1 Å². The number of allylic oxidation sites excluding steroid dienone is 1. The molecule has 4 heteroatoms. The normalized spacial score (nSPS) is 13.6. The summed E-state index contributed by atoms with van der Waals surface area (Å²) in [4.78, 5) is 16.7. The first kappa shape index (κ1) is 13.6. The van der Waals surface area contributed by atoms with Crippen molar-refractivity contribution >= 4 is 34.1 Å². The van der Waals surface area contributed by atoms with E-state index in [1.807, 2.05) is 54.8 Å². The molecule has 0 atom stereocenters. The second-order valence-electron chi connectivity index (χ2n) is 4.67. The van der Waals surface area contributed by atoms with E-state index < -0.39 is 0 Å². The molecular formula is C17H14N2OS. The van der Waals surface area contributed by atoms with E-state index in [2.05, 4.69) is 10.3 Å². The highest BCUT2D eigenvalue weighted by atomic mass is 32.2. The summed E-state index contributed by atoms with van der Waals surface area (Å²) in [6.45, 7) is 2.04. The molecule has 0 aromatic heterocycles. The van der Waals surface area contributed by atoms with Crippen LogP contribution < -0.4 is 5.32 Å². The van der Waals surface area contributed by atoms with Crippen molar-refractivity contribution in [1.82, 2.24) is 5.32 Å². The van der Waals surface area contributed by atoms with Crippen molar-refractivity contribution in [3.8, 4) is 0 Å². The van der Waals surface area contributed by atoms with Gasteiger partial charge in [0.25, 0.3) is 5.91 Å². The molecule has 1 aliphatic rings. The van der Waals surface area contributed by atoms with Gasteiger partial charge in [-0.2, -0.15) is 0 Å². The van der Waals surface area contributed by atoms with Crippen molar-refractivity contribution < 1.29 is 4.79 Å². The molecule has 21 heavy (non-hydrogen) atoms. The molecule has 2 aromatic rings. The number of hydrogen-bond acceptors (Lipinski definition) is 3. The van der Waals surface area contributed by atoms with Gasteiger partial charge in [-0.3, -0.25) is 4.79 Å². The highest BCUT2D eigenvalue weighted by Crippen LogP contribution is 2.31. The first-order valence-corrected chi connectivity index (χ1v) is 7.50. The Bertz CT molecular complexity index is 735. The Hall–Kier alpha value is -2.33. The van der Waals surface area contributed by atoms with Crippen molar-refractivity contribution in [2.24, 2.45) is 4.99 Å². The Labute approximate surface area is 127 Å². The molecule has 3 nitrogen and oxygen atoms in total. The Morgan fingerprint density at radius 3 is 2.57 bits per heavy atom. The average molecular weight is 294 g/mol. The van der Waals surface area contributed by atoms with Crippen LogP contribution in [0.25, 0.3) is 5.57 Å². The summed E-state index contributed by atoms with van der Waals surface area (Å²) in [5, 5.41) is 5.47. The van der Waals surface area contributed by atoms with Crippen LogP contribution in [-0.4, -0.2) is 11.1 Å². The number of nitrogens with zero attached hydrogens (tertiary/aromatic N) is 1. The van der Waals surface area contributed by atoms with E-state index in [-0.39, 0.29) is 5.91 Å². The monoisotopic (exact) mass is 294 g/mol. The number of aliphatic imine (C=N–C) groups is 1. The van der Waals surface area contributed by atoms with Crippen LogP contribution in [0.5, 0.6) is 0 Å². The average Bonchev–Trinajstić information content (AvgIpc) is 2.68. The highest BCUT2D eigenvalue weighted by molar-refractivity contribution is 8.16. The summed E-state index contributed by atoms with van der Waals surface area (Å²) in [6.07, 6.45) is 0. The molecule has 0 spiro atoms. The van der Waals surface area contributed by atoms with Gasteiger partial charge >= 0.3 is 0 Å². The van der Waals surface area contributed by atoms with E-state index in [0.717, 1.165) is 16.8 Å².